The molecule has 162 valence electrons. The standard InChI is InChI=1S/C22H35N3O3S/c1-2-27-20-8-6-19(7-9-20)18-25(11-4-10-24-12-15-26-16-13-24)22(29)23-17-21-5-3-14-28-21/h6-9,21H,2-5,10-18H2,1H3,(H,23,29). The Bertz CT molecular complexity index is 602. The van der Waals surface area contributed by atoms with E-state index in [1.165, 1.54) is 5.56 Å². The average molecular weight is 422 g/mol. The number of rotatable bonds is 10. The zero-order valence-corrected chi connectivity index (χ0v) is 18.4. The summed E-state index contributed by atoms with van der Waals surface area (Å²) < 4.78 is 16.7. The molecule has 0 radical (unpaired) electrons. The second kappa shape index (κ2) is 12.3. The fourth-order valence-electron chi connectivity index (χ4n) is 3.76. The lowest BCUT2D eigenvalue weighted by molar-refractivity contribution is 0.0367. The minimum atomic E-state index is 0.286. The zero-order chi connectivity index (χ0) is 20.3. The van der Waals surface area contributed by atoms with Crippen LogP contribution in [0.5, 0.6) is 5.75 Å². The molecule has 0 saturated carbocycles. The summed E-state index contributed by atoms with van der Waals surface area (Å²) in [7, 11) is 0. The number of hydrogen-bond acceptors (Lipinski definition) is 5. The molecule has 0 bridgehead atoms. The first kappa shape index (κ1) is 22.3. The van der Waals surface area contributed by atoms with Gasteiger partial charge in [0, 0.05) is 45.9 Å². The first-order valence-corrected chi connectivity index (χ1v) is 11.3. The van der Waals surface area contributed by atoms with Crippen LogP contribution < -0.4 is 10.1 Å². The Labute approximate surface area is 180 Å². The summed E-state index contributed by atoms with van der Waals surface area (Å²) in [6.07, 6.45) is 3.63. The smallest absolute Gasteiger partial charge is 0.169 e. The predicted molar refractivity (Wildman–Crippen MR) is 119 cm³/mol. The normalized spacial score (nSPS) is 19.8. The van der Waals surface area contributed by atoms with E-state index >= 15 is 0 Å². The van der Waals surface area contributed by atoms with Gasteiger partial charge in [-0.1, -0.05) is 12.1 Å². The summed E-state index contributed by atoms with van der Waals surface area (Å²) >= 11 is 5.75. The maximum absolute atomic E-state index is 5.75. The minimum absolute atomic E-state index is 0.286. The molecule has 1 unspecified atom stereocenters. The molecule has 1 aromatic rings. The lowest BCUT2D eigenvalue weighted by Gasteiger charge is -2.30. The van der Waals surface area contributed by atoms with E-state index in [4.69, 9.17) is 26.4 Å². The van der Waals surface area contributed by atoms with Crippen LogP contribution in [0, 0.1) is 0 Å². The highest BCUT2D eigenvalue weighted by molar-refractivity contribution is 7.80. The van der Waals surface area contributed by atoms with E-state index < -0.39 is 0 Å². The third-order valence-electron chi connectivity index (χ3n) is 5.41. The fraction of sp³-hybridized carbons (Fsp3) is 0.682. The van der Waals surface area contributed by atoms with E-state index in [2.05, 4.69) is 27.2 Å². The highest BCUT2D eigenvalue weighted by Gasteiger charge is 2.18. The molecule has 0 spiro atoms. The Morgan fingerprint density at radius 1 is 1.24 bits per heavy atom. The van der Waals surface area contributed by atoms with Gasteiger partial charge in [-0.15, -0.1) is 0 Å². The van der Waals surface area contributed by atoms with Gasteiger partial charge in [-0.3, -0.25) is 4.90 Å². The summed E-state index contributed by atoms with van der Waals surface area (Å²) in [4.78, 5) is 4.75. The summed E-state index contributed by atoms with van der Waals surface area (Å²) in [6, 6.07) is 8.33. The number of thiocarbonyl (C=S) groups is 1. The summed E-state index contributed by atoms with van der Waals surface area (Å²) in [5.41, 5.74) is 1.24. The Kier molecular flexibility index (Phi) is 9.47. The molecule has 2 fully saturated rings. The van der Waals surface area contributed by atoms with Crippen molar-refractivity contribution in [2.24, 2.45) is 0 Å². The van der Waals surface area contributed by atoms with Crippen LogP contribution >= 0.6 is 12.2 Å². The van der Waals surface area contributed by atoms with Crippen LogP contribution in [0.3, 0.4) is 0 Å². The van der Waals surface area contributed by atoms with Crippen LogP contribution in [-0.4, -0.2) is 80.2 Å². The van der Waals surface area contributed by atoms with E-state index in [9.17, 15) is 0 Å². The van der Waals surface area contributed by atoms with Crippen LogP contribution in [0.25, 0.3) is 0 Å². The van der Waals surface area contributed by atoms with Gasteiger partial charge in [0.2, 0.25) is 0 Å². The number of morpholine rings is 1. The van der Waals surface area contributed by atoms with Crippen molar-refractivity contribution in [3.63, 3.8) is 0 Å². The molecule has 2 heterocycles. The van der Waals surface area contributed by atoms with Crippen LogP contribution in [0.1, 0.15) is 31.7 Å². The minimum Gasteiger partial charge on any atom is -0.494 e. The number of hydrogen-bond donors (Lipinski definition) is 1. The van der Waals surface area contributed by atoms with Gasteiger partial charge in [0.05, 0.1) is 25.9 Å². The van der Waals surface area contributed by atoms with Gasteiger partial charge in [0.1, 0.15) is 5.75 Å². The molecule has 1 N–H and O–H groups in total. The van der Waals surface area contributed by atoms with Crippen molar-refractivity contribution in [2.45, 2.75) is 38.8 Å². The third kappa shape index (κ3) is 7.74. The molecule has 6 nitrogen and oxygen atoms in total. The van der Waals surface area contributed by atoms with Gasteiger partial charge in [-0.05, 0) is 56.1 Å². The maximum Gasteiger partial charge on any atom is 0.169 e. The molecule has 1 aromatic carbocycles. The highest BCUT2D eigenvalue weighted by atomic mass is 32.1. The second-order valence-electron chi connectivity index (χ2n) is 7.63. The SMILES string of the molecule is CCOc1ccc(CN(CCCN2CCOCC2)C(=S)NCC2CCCO2)cc1. The quantitative estimate of drug-likeness (QED) is 0.583. The van der Waals surface area contributed by atoms with E-state index in [1.807, 2.05) is 19.1 Å². The molecule has 2 saturated heterocycles. The van der Waals surface area contributed by atoms with Crippen molar-refractivity contribution in [3.8, 4) is 5.75 Å². The number of benzene rings is 1. The topological polar surface area (TPSA) is 46.2 Å². The monoisotopic (exact) mass is 421 g/mol. The van der Waals surface area contributed by atoms with Crippen LogP contribution in [0.2, 0.25) is 0 Å². The van der Waals surface area contributed by atoms with Crippen LogP contribution in [0.15, 0.2) is 24.3 Å². The van der Waals surface area contributed by atoms with Gasteiger partial charge in [-0.25, -0.2) is 0 Å². The molecule has 3 rings (SSSR count). The fourth-order valence-corrected chi connectivity index (χ4v) is 4.00. The Morgan fingerprint density at radius 3 is 2.72 bits per heavy atom. The van der Waals surface area contributed by atoms with Gasteiger partial charge in [0.25, 0.3) is 0 Å². The first-order chi connectivity index (χ1) is 14.2. The van der Waals surface area contributed by atoms with Crippen LogP contribution in [0.4, 0.5) is 0 Å². The maximum atomic E-state index is 5.75. The predicted octanol–water partition coefficient (Wildman–Crippen LogP) is 2.66. The molecule has 2 aliphatic rings. The van der Waals surface area contributed by atoms with Crippen molar-refractivity contribution in [1.82, 2.24) is 15.1 Å². The third-order valence-corrected chi connectivity index (χ3v) is 5.81. The van der Waals surface area contributed by atoms with Crippen molar-refractivity contribution in [3.05, 3.63) is 29.8 Å². The molecule has 2 aliphatic heterocycles. The lowest BCUT2D eigenvalue weighted by Crippen LogP contribution is -2.44. The van der Waals surface area contributed by atoms with Gasteiger partial charge >= 0.3 is 0 Å². The lowest BCUT2D eigenvalue weighted by atomic mass is 10.2. The Balaban J connectivity index is 1.52. The van der Waals surface area contributed by atoms with Gasteiger partial charge < -0.3 is 24.4 Å². The van der Waals surface area contributed by atoms with Crippen LogP contribution in [-0.2, 0) is 16.0 Å². The summed E-state index contributed by atoms with van der Waals surface area (Å²) in [5.74, 6) is 0.911. The highest BCUT2D eigenvalue weighted by Crippen LogP contribution is 2.15. The van der Waals surface area contributed by atoms with E-state index in [1.54, 1.807) is 0 Å². The average Bonchev–Trinajstić information content (AvgIpc) is 3.27. The number of nitrogens with one attached hydrogen (secondary N) is 1. The van der Waals surface area contributed by atoms with Crippen molar-refractivity contribution < 1.29 is 14.2 Å². The molecule has 29 heavy (non-hydrogen) atoms. The van der Waals surface area contributed by atoms with E-state index in [-0.39, 0.29) is 6.10 Å². The van der Waals surface area contributed by atoms with E-state index in [0.29, 0.717) is 6.61 Å². The molecular formula is C22H35N3O3S. The van der Waals surface area contributed by atoms with Crippen molar-refractivity contribution >= 4 is 17.3 Å². The first-order valence-electron chi connectivity index (χ1n) is 10.9. The molecule has 0 amide bonds. The molecular weight excluding hydrogens is 386 g/mol. The summed E-state index contributed by atoms with van der Waals surface area (Å²) in [5, 5.41) is 4.26. The van der Waals surface area contributed by atoms with Crippen molar-refractivity contribution in [2.75, 3.05) is 59.2 Å². The van der Waals surface area contributed by atoms with Crippen molar-refractivity contribution in [1.29, 1.82) is 0 Å². The van der Waals surface area contributed by atoms with E-state index in [0.717, 1.165) is 89.2 Å². The van der Waals surface area contributed by atoms with Gasteiger partial charge in [-0.2, -0.15) is 0 Å². The number of nitrogens with zero attached hydrogens (tertiary/aromatic N) is 2. The molecule has 0 aliphatic carbocycles. The second-order valence-corrected chi connectivity index (χ2v) is 8.01. The Hall–Kier alpha value is -1.41. The Morgan fingerprint density at radius 2 is 2.03 bits per heavy atom. The largest absolute Gasteiger partial charge is 0.494 e. The molecule has 1 atom stereocenters. The zero-order valence-electron chi connectivity index (χ0n) is 17.6. The van der Waals surface area contributed by atoms with Gasteiger partial charge in [0.15, 0.2) is 5.11 Å². The molecule has 0 aromatic heterocycles. The summed E-state index contributed by atoms with van der Waals surface area (Å²) in [6.45, 7) is 10.9. The number of ether oxygens (including phenoxy) is 3. The molecule has 7 heteroatoms.